The molecule has 0 aliphatic rings. The number of hydrogen-bond acceptors (Lipinski definition) is 3. The van der Waals surface area contributed by atoms with Crippen LogP contribution < -0.4 is 0 Å². The Bertz CT molecular complexity index is 814. The van der Waals surface area contributed by atoms with Crippen LogP contribution in [0, 0.1) is 5.82 Å². The van der Waals surface area contributed by atoms with Gasteiger partial charge in [0, 0.05) is 18.0 Å². The molecule has 1 heterocycles. The lowest BCUT2D eigenvalue weighted by Gasteiger charge is -2.18. The van der Waals surface area contributed by atoms with Crippen LogP contribution in [-0.4, -0.2) is 21.6 Å². The van der Waals surface area contributed by atoms with E-state index in [2.05, 4.69) is 4.98 Å². The first-order chi connectivity index (χ1) is 11.9. The molecule has 25 heavy (non-hydrogen) atoms. The number of imidazole rings is 1. The largest absolute Gasteiger partial charge is 0.322 e. The normalized spacial score (nSPS) is 11.2. The van der Waals surface area contributed by atoms with Gasteiger partial charge >= 0.3 is 0 Å². The second-order valence-corrected chi connectivity index (χ2v) is 6.46. The van der Waals surface area contributed by atoms with Crippen molar-refractivity contribution in [2.75, 3.05) is 0 Å². The fourth-order valence-electron chi connectivity index (χ4n) is 2.91. The van der Waals surface area contributed by atoms with Crippen molar-refractivity contribution >= 4 is 35.3 Å². The van der Waals surface area contributed by atoms with Gasteiger partial charge in [-0.05, 0) is 25.0 Å². The van der Waals surface area contributed by atoms with Crippen molar-refractivity contribution in [3.05, 3.63) is 50.8 Å². The molecule has 0 saturated carbocycles. The van der Waals surface area contributed by atoms with Crippen molar-refractivity contribution in [3.63, 3.8) is 0 Å². The zero-order valence-corrected chi connectivity index (χ0v) is 15.8. The number of halogens is 3. The molecule has 0 fully saturated rings. The van der Waals surface area contributed by atoms with Crippen molar-refractivity contribution in [2.45, 2.75) is 46.1 Å². The highest BCUT2D eigenvalue weighted by atomic mass is 35.5. The second kappa shape index (κ2) is 8.11. The van der Waals surface area contributed by atoms with Gasteiger partial charge in [0.25, 0.3) is 0 Å². The van der Waals surface area contributed by atoms with Crippen molar-refractivity contribution in [1.82, 2.24) is 9.55 Å². The van der Waals surface area contributed by atoms with E-state index in [1.54, 1.807) is 4.57 Å². The molecule has 0 atom stereocenters. The molecule has 0 N–H and O–H groups in total. The van der Waals surface area contributed by atoms with Gasteiger partial charge in [0.2, 0.25) is 5.78 Å². The predicted molar refractivity (Wildman–Crippen MR) is 96.5 cm³/mol. The molecular weight excluding hydrogens is 366 g/mol. The number of benzene rings is 1. The van der Waals surface area contributed by atoms with Crippen LogP contribution in [0.2, 0.25) is 10.0 Å². The van der Waals surface area contributed by atoms with Crippen molar-refractivity contribution in [2.24, 2.45) is 0 Å². The second-order valence-electron chi connectivity index (χ2n) is 5.65. The number of carbonyl (C=O) groups is 2. The minimum Gasteiger partial charge on any atom is -0.322 e. The first kappa shape index (κ1) is 19.6. The van der Waals surface area contributed by atoms with E-state index >= 15 is 0 Å². The van der Waals surface area contributed by atoms with E-state index in [9.17, 15) is 14.0 Å². The highest BCUT2D eigenvalue weighted by Gasteiger charge is 2.27. The number of aryl methyl sites for hydroxylation is 1. The summed E-state index contributed by atoms with van der Waals surface area (Å²) in [6.45, 7) is 5.92. The molecular formula is C18H19Cl2FN2O2. The number of ketones is 1. The zero-order valence-electron chi connectivity index (χ0n) is 14.3. The van der Waals surface area contributed by atoms with Gasteiger partial charge in [-0.15, -0.1) is 0 Å². The quantitative estimate of drug-likeness (QED) is 0.369. The summed E-state index contributed by atoms with van der Waals surface area (Å²) in [5.41, 5.74) is 0.118. The summed E-state index contributed by atoms with van der Waals surface area (Å²) in [4.78, 5) is 28.9. The first-order valence-corrected chi connectivity index (χ1v) is 8.90. The monoisotopic (exact) mass is 384 g/mol. The molecule has 0 unspecified atom stereocenters. The third-order valence-corrected chi connectivity index (χ3v) is 4.83. The number of rotatable bonds is 7. The summed E-state index contributed by atoms with van der Waals surface area (Å²) in [6.07, 6.45) is 2.78. The van der Waals surface area contributed by atoms with Crippen LogP contribution in [0.15, 0.2) is 12.1 Å². The Hall–Kier alpha value is -1.72. The van der Waals surface area contributed by atoms with Gasteiger partial charge in [0.1, 0.15) is 23.0 Å². The zero-order chi connectivity index (χ0) is 18.7. The maximum atomic E-state index is 13.8. The molecule has 134 valence electrons. The smallest absolute Gasteiger partial charge is 0.215 e. The van der Waals surface area contributed by atoms with Gasteiger partial charge in [-0.1, -0.05) is 44.0 Å². The molecule has 1 aromatic heterocycles. The van der Waals surface area contributed by atoms with E-state index in [0.29, 0.717) is 18.5 Å². The Kier molecular flexibility index (Phi) is 6.36. The van der Waals surface area contributed by atoms with Crippen molar-refractivity contribution in [3.8, 4) is 0 Å². The van der Waals surface area contributed by atoms with Crippen LogP contribution in [0.4, 0.5) is 4.39 Å². The third-order valence-electron chi connectivity index (χ3n) is 4.23. The van der Waals surface area contributed by atoms with E-state index in [-0.39, 0.29) is 33.0 Å². The van der Waals surface area contributed by atoms with E-state index in [4.69, 9.17) is 23.2 Å². The molecule has 7 heteroatoms. The Morgan fingerprint density at radius 3 is 2.40 bits per heavy atom. The SMILES string of the molecule is CCc1nc(C(=O)c2cc(F)c(Cl)cc2Cl)c(C=O)n1C(CC)CC. The van der Waals surface area contributed by atoms with Gasteiger partial charge < -0.3 is 4.57 Å². The topological polar surface area (TPSA) is 52.0 Å². The van der Waals surface area contributed by atoms with Crippen LogP contribution in [0.3, 0.4) is 0 Å². The summed E-state index contributed by atoms with van der Waals surface area (Å²) in [5.74, 6) is -0.705. The molecule has 0 saturated heterocycles. The molecule has 4 nitrogen and oxygen atoms in total. The highest BCUT2D eigenvalue weighted by Crippen LogP contribution is 2.29. The van der Waals surface area contributed by atoms with Crippen molar-refractivity contribution in [1.29, 1.82) is 0 Å². The predicted octanol–water partition coefficient (Wildman–Crippen LogP) is 5.30. The van der Waals surface area contributed by atoms with Crippen LogP contribution >= 0.6 is 23.2 Å². The van der Waals surface area contributed by atoms with Crippen molar-refractivity contribution < 1.29 is 14.0 Å². The Labute approximate surface area is 156 Å². The maximum Gasteiger partial charge on any atom is 0.215 e. The van der Waals surface area contributed by atoms with Gasteiger partial charge in [0.05, 0.1) is 10.0 Å². The minimum absolute atomic E-state index is 0.0117. The van der Waals surface area contributed by atoms with E-state index < -0.39 is 11.6 Å². The fourth-order valence-corrected chi connectivity index (χ4v) is 3.38. The van der Waals surface area contributed by atoms with E-state index in [1.807, 2.05) is 20.8 Å². The molecule has 2 aromatic rings. The van der Waals surface area contributed by atoms with Gasteiger partial charge in [-0.2, -0.15) is 0 Å². The number of hydrogen-bond donors (Lipinski definition) is 0. The van der Waals surface area contributed by atoms with Gasteiger partial charge in [0.15, 0.2) is 6.29 Å². The number of nitrogens with zero attached hydrogens (tertiary/aromatic N) is 2. The molecule has 0 aliphatic carbocycles. The summed E-state index contributed by atoms with van der Waals surface area (Å²) in [6, 6.07) is 2.20. The molecule has 0 bridgehead atoms. The number of carbonyl (C=O) groups excluding carboxylic acids is 2. The molecule has 0 amide bonds. The van der Waals surface area contributed by atoms with Gasteiger partial charge in [-0.3, -0.25) is 9.59 Å². The Balaban J connectivity index is 2.65. The van der Waals surface area contributed by atoms with Gasteiger partial charge in [-0.25, -0.2) is 9.37 Å². The van der Waals surface area contributed by atoms with E-state index in [0.717, 1.165) is 18.9 Å². The molecule has 2 rings (SSSR count). The van der Waals surface area contributed by atoms with Crippen LogP contribution in [0.25, 0.3) is 0 Å². The van der Waals surface area contributed by atoms with Crippen LogP contribution in [0.1, 0.15) is 72.0 Å². The average molecular weight is 385 g/mol. The highest BCUT2D eigenvalue weighted by molar-refractivity contribution is 6.37. The molecule has 0 aliphatic heterocycles. The minimum atomic E-state index is -0.753. The lowest BCUT2D eigenvalue weighted by molar-refractivity contribution is 0.102. The maximum absolute atomic E-state index is 13.8. The van der Waals surface area contributed by atoms with Crippen LogP contribution in [-0.2, 0) is 6.42 Å². The Morgan fingerprint density at radius 1 is 1.24 bits per heavy atom. The first-order valence-electron chi connectivity index (χ1n) is 8.14. The summed E-state index contributed by atoms with van der Waals surface area (Å²) >= 11 is 11.7. The average Bonchev–Trinajstić information content (AvgIpc) is 2.97. The molecule has 1 aromatic carbocycles. The lowest BCUT2D eigenvalue weighted by atomic mass is 10.1. The van der Waals surface area contributed by atoms with Crippen LogP contribution in [0.5, 0.6) is 0 Å². The Morgan fingerprint density at radius 2 is 1.88 bits per heavy atom. The number of aldehydes is 1. The summed E-state index contributed by atoms with van der Waals surface area (Å²) in [5, 5.41) is -0.155. The number of aromatic nitrogens is 2. The van der Waals surface area contributed by atoms with E-state index in [1.165, 1.54) is 6.07 Å². The standard InChI is InChI=1S/C18H19Cl2FN2O2/c1-4-10(5-2)23-15(9-24)17(22-16(23)6-3)18(25)11-7-14(21)13(20)8-12(11)19/h7-10H,4-6H2,1-3H3. The summed E-state index contributed by atoms with van der Waals surface area (Å²) in [7, 11) is 0. The molecule has 0 spiro atoms. The fraction of sp³-hybridized carbons (Fsp3) is 0.389. The summed E-state index contributed by atoms with van der Waals surface area (Å²) < 4.78 is 15.6. The third kappa shape index (κ3) is 3.62. The molecule has 0 radical (unpaired) electrons. The lowest BCUT2D eigenvalue weighted by Crippen LogP contribution is -2.15.